The van der Waals surface area contributed by atoms with Crippen LogP contribution in [-0.4, -0.2) is 161 Å². The van der Waals surface area contributed by atoms with Crippen molar-refractivity contribution in [2.75, 3.05) is 31.3 Å². The van der Waals surface area contributed by atoms with Crippen LogP contribution in [0.15, 0.2) is 0 Å². The molecule has 2 heterocycles. The van der Waals surface area contributed by atoms with Gasteiger partial charge in [-0.25, -0.2) is 4.79 Å². The van der Waals surface area contributed by atoms with Crippen LogP contribution in [0.5, 0.6) is 0 Å². The monoisotopic (exact) mass is 646 g/mol. The Morgan fingerprint density at radius 3 is 1.62 bits per heavy atom. The molecule has 10 unspecified atom stereocenters. The summed E-state index contributed by atoms with van der Waals surface area (Å²) in [5.74, 6) is -1.73. The predicted molar refractivity (Wildman–Crippen MR) is 148 cm³/mol. The second-order valence-electron chi connectivity index (χ2n) is 9.94. The number of unbranched alkanes of at least 4 members (excludes halogenated alkanes) is 1. The lowest BCUT2D eigenvalue weighted by atomic mass is 10.0. The summed E-state index contributed by atoms with van der Waals surface area (Å²) in [7, 11) is 0. The lowest BCUT2D eigenvalue weighted by Crippen LogP contribution is -2.57. The van der Waals surface area contributed by atoms with E-state index in [0.717, 1.165) is 23.5 Å². The van der Waals surface area contributed by atoms with Crippen LogP contribution in [0.4, 0.5) is 0 Å². The highest BCUT2D eigenvalue weighted by molar-refractivity contribution is 8.00. The highest BCUT2D eigenvalue weighted by Crippen LogP contribution is 2.30. The highest BCUT2D eigenvalue weighted by Gasteiger charge is 2.44. The summed E-state index contributed by atoms with van der Waals surface area (Å²) >= 11 is 2.04. The number of carbonyl (C=O) groups excluding carboxylic acids is 2. The summed E-state index contributed by atoms with van der Waals surface area (Å²) < 4.78 is 10.7. The van der Waals surface area contributed by atoms with E-state index < -0.39 is 90.8 Å². The number of amides is 2. The molecule has 244 valence electrons. The SMILES string of the molecule is O=C(CCSC1OC(CO)C(O)C(O)C1O)NCCCC[C@@H](NC(=O)CCSC1OC(CO)C(O)C(O)C1O)C(=O)O. The van der Waals surface area contributed by atoms with Gasteiger partial charge in [0.15, 0.2) is 0 Å². The van der Waals surface area contributed by atoms with Crippen LogP contribution in [0.2, 0.25) is 0 Å². The molecule has 0 bridgehead atoms. The molecule has 0 aromatic carbocycles. The van der Waals surface area contributed by atoms with Crippen LogP contribution in [0.1, 0.15) is 32.1 Å². The summed E-state index contributed by atoms with van der Waals surface area (Å²) in [6.07, 6.45) is -9.98. The van der Waals surface area contributed by atoms with Crippen molar-refractivity contribution >= 4 is 41.3 Å². The zero-order valence-corrected chi connectivity index (χ0v) is 24.4. The number of carboxylic acids is 1. The molecular weight excluding hydrogens is 604 g/mol. The number of thioether (sulfide) groups is 2. The summed E-state index contributed by atoms with van der Waals surface area (Å²) in [5, 5.41) is 92.3. The molecule has 16 nitrogen and oxygen atoms in total. The van der Waals surface area contributed by atoms with Gasteiger partial charge in [0.05, 0.1) is 13.2 Å². The van der Waals surface area contributed by atoms with Crippen LogP contribution < -0.4 is 10.6 Å². The fourth-order valence-corrected chi connectivity index (χ4v) is 6.49. The molecule has 2 saturated heterocycles. The predicted octanol–water partition coefficient (Wildman–Crippen LogP) is -4.31. The van der Waals surface area contributed by atoms with Crippen molar-refractivity contribution in [2.24, 2.45) is 0 Å². The Morgan fingerprint density at radius 2 is 1.17 bits per heavy atom. The normalized spacial score (nSPS) is 34.0. The smallest absolute Gasteiger partial charge is 0.326 e. The van der Waals surface area contributed by atoms with Crippen molar-refractivity contribution < 1.29 is 69.8 Å². The molecule has 0 spiro atoms. The average molecular weight is 647 g/mol. The summed E-state index contributed by atoms with van der Waals surface area (Å²) in [5.41, 5.74) is -1.92. The van der Waals surface area contributed by atoms with Crippen molar-refractivity contribution in [1.29, 1.82) is 0 Å². The van der Waals surface area contributed by atoms with E-state index >= 15 is 0 Å². The zero-order valence-electron chi connectivity index (χ0n) is 22.8. The van der Waals surface area contributed by atoms with E-state index in [9.17, 15) is 60.3 Å². The van der Waals surface area contributed by atoms with E-state index in [4.69, 9.17) is 9.47 Å². The zero-order chi connectivity index (χ0) is 31.4. The molecule has 0 saturated carbocycles. The molecule has 2 aliphatic heterocycles. The van der Waals surface area contributed by atoms with E-state index in [0.29, 0.717) is 12.8 Å². The average Bonchev–Trinajstić information content (AvgIpc) is 2.96. The third kappa shape index (κ3) is 11.0. The first-order valence-electron chi connectivity index (χ1n) is 13.5. The van der Waals surface area contributed by atoms with Crippen LogP contribution in [0.25, 0.3) is 0 Å². The Hall–Kier alpha value is -1.29. The Kier molecular flexibility index (Phi) is 16.3. The van der Waals surface area contributed by atoms with Gasteiger partial charge in [0.1, 0.15) is 65.7 Å². The molecule has 2 amide bonds. The van der Waals surface area contributed by atoms with E-state index in [1.807, 2.05) is 0 Å². The van der Waals surface area contributed by atoms with Gasteiger partial charge in [-0.3, -0.25) is 9.59 Å². The molecule has 2 rings (SSSR count). The Morgan fingerprint density at radius 1 is 0.690 bits per heavy atom. The lowest BCUT2D eigenvalue weighted by Gasteiger charge is -2.39. The van der Waals surface area contributed by atoms with Gasteiger partial charge in [-0.15, -0.1) is 23.5 Å². The molecule has 0 aliphatic carbocycles. The third-order valence-electron chi connectivity index (χ3n) is 6.79. The van der Waals surface area contributed by atoms with Crippen molar-refractivity contribution in [3.63, 3.8) is 0 Å². The minimum absolute atomic E-state index is 0.0641. The summed E-state index contributed by atoms with van der Waals surface area (Å²) in [6, 6.07) is -1.15. The molecule has 42 heavy (non-hydrogen) atoms. The van der Waals surface area contributed by atoms with Crippen molar-refractivity contribution in [3.05, 3.63) is 0 Å². The van der Waals surface area contributed by atoms with E-state index in [1.165, 1.54) is 0 Å². The summed E-state index contributed by atoms with van der Waals surface area (Å²) in [4.78, 5) is 35.9. The van der Waals surface area contributed by atoms with E-state index in [2.05, 4.69) is 10.6 Å². The maximum atomic E-state index is 12.3. The first kappa shape index (κ1) is 36.9. The molecule has 0 aromatic heterocycles. The fraction of sp³-hybridized carbons (Fsp3) is 0.875. The minimum Gasteiger partial charge on any atom is -0.480 e. The number of nitrogens with one attached hydrogen (secondary N) is 2. The topological polar surface area (TPSA) is 276 Å². The van der Waals surface area contributed by atoms with E-state index in [1.54, 1.807) is 0 Å². The lowest BCUT2D eigenvalue weighted by molar-refractivity contribution is -0.205. The number of aliphatic hydroxyl groups excluding tert-OH is 8. The van der Waals surface area contributed by atoms with Gasteiger partial charge in [-0.1, -0.05) is 0 Å². The van der Waals surface area contributed by atoms with Crippen molar-refractivity contribution in [3.8, 4) is 0 Å². The molecule has 2 aliphatic rings. The molecule has 18 heteroatoms. The molecule has 11 atom stereocenters. The maximum absolute atomic E-state index is 12.3. The van der Waals surface area contributed by atoms with Crippen molar-refractivity contribution in [2.45, 2.75) is 97.8 Å². The standard InChI is InChI=1S/C24H42N2O14S2/c27-9-12-16(31)18(33)20(35)23(39-12)41-7-4-14(29)25-6-2-1-3-11(22(37)38)26-15(30)5-8-42-24-21(36)19(34)17(32)13(10-28)40-24/h11-13,16-21,23-24,27-28,31-36H,1-10H2,(H,25,29)(H,26,30)(H,37,38)/t11-,12?,13?,16?,17?,18?,19?,20?,21?,23?,24?/m1/s1. The number of rotatable bonds is 17. The van der Waals surface area contributed by atoms with Gasteiger partial charge in [0.2, 0.25) is 11.8 Å². The first-order chi connectivity index (χ1) is 19.9. The van der Waals surface area contributed by atoms with Gasteiger partial charge in [0, 0.05) is 30.9 Å². The van der Waals surface area contributed by atoms with Gasteiger partial charge >= 0.3 is 5.97 Å². The molecule has 11 N–H and O–H groups in total. The molecule has 0 radical (unpaired) electrons. The maximum Gasteiger partial charge on any atom is 0.326 e. The third-order valence-corrected chi connectivity index (χ3v) is 9.11. The number of hydrogen-bond donors (Lipinski definition) is 11. The quantitative estimate of drug-likeness (QED) is 0.0667. The molecule has 2 fully saturated rings. The second kappa shape index (κ2) is 18.5. The van der Waals surface area contributed by atoms with E-state index in [-0.39, 0.29) is 43.2 Å². The van der Waals surface area contributed by atoms with Gasteiger partial charge in [-0.05, 0) is 19.3 Å². The Balaban J connectivity index is 1.61. The van der Waals surface area contributed by atoms with Crippen LogP contribution in [-0.2, 0) is 23.9 Å². The van der Waals surface area contributed by atoms with Gasteiger partial charge in [0.25, 0.3) is 0 Å². The second-order valence-corrected chi connectivity index (χ2v) is 12.4. The molecular formula is C24H42N2O14S2. The number of ether oxygens (including phenoxy) is 2. The first-order valence-corrected chi connectivity index (χ1v) is 15.6. The van der Waals surface area contributed by atoms with Crippen LogP contribution in [0, 0.1) is 0 Å². The van der Waals surface area contributed by atoms with Crippen molar-refractivity contribution in [1.82, 2.24) is 10.6 Å². The molecule has 0 aromatic rings. The van der Waals surface area contributed by atoms with Crippen LogP contribution >= 0.6 is 23.5 Å². The highest BCUT2D eigenvalue weighted by atomic mass is 32.2. The number of carboxylic acid groups (broad SMARTS) is 1. The van der Waals surface area contributed by atoms with Gasteiger partial charge < -0.3 is 66.1 Å². The fourth-order valence-electron chi connectivity index (χ4n) is 4.26. The Labute approximate surface area is 250 Å². The summed E-state index contributed by atoms with van der Waals surface area (Å²) in [6.45, 7) is -0.851. The Bertz CT molecular complexity index is 856. The van der Waals surface area contributed by atoms with Crippen LogP contribution in [0.3, 0.4) is 0 Å². The number of hydrogen-bond acceptors (Lipinski definition) is 15. The number of aliphatic carboxylic acids is 1. The largest absolute Gasteiger partial charge is 0.480 e. The number of aliphatic hydroxyl groups is 8. The minimum atomic E-state index is -1.53. The van der Waals surface area contributed by atoms with Gasteiger partial charge in [-0.2, -0.15) is 0 Å². The number of carbonyl (C=O) groups is 3.